The Kier molecular flexibility index (Phi) is 6.03. The van der Waals surface area contributed by atoms with Crippen LogP contribution in [-0.4, -0.2) is 49.6 Å². The van der Waals surface area contributed by atoms with Crippen molar-refractivity contribution < 1.29 is 4.74 Å². The molecule has 1 atom stereocenters. The lowest BCUT2D eigenvalue weighted by Gasteiger charge is -2.30. The normalized spacial score (nSPS) is 21.2. The van der Waals surface area contributed by atoms with Crippen molar-refractivity contribution in [2.45, 2.75) is 38.9 Å². The van der Waals surface area contributed by atoms with Crippen LogP contribution in [0.1, 0.15) is 30.9 Å². The number of ether oxygens (including phenoxy) is 1. The largest absolute Gasteiger partial charge is 0.496 e. The number of benzene rings is 1. The Morgan fingerprint density at radius 1 is 1.33 bits per heavy atom. The maximum atomic E-state index is 5.82. The van der Waals surface area contributed by atoms with Gasteiger partial charge in [0.05, 0.1) is 7.11 Å². The van der Waals surface area contributed by atoms with Gasteiger partial charge in [-0.25, -0.2) is 0 Å². The van der Waals surface area contributed by atoms with E-state index < -0.39 is 0 Å². The van der Waals surface area contributed by atoms with Crippen LogP contribution in [0.3, 0.4) is 0 Å². The molecule has 118 valence electrons. The van der Waals surface area contributed by atoms with Crippen LogP contribution in [0.4, 0.5) is 0 Å². The fourth-order valence-corrected chi connectivity index (χ4v) is 3.21. The van der Waals surface area contributed by atoms with Gasteiger partial charge in [-0.2, -0.15) is 0 Å². The summed E-state index contributed by atoms with van der Waals surface area (Å²) in [4.78, 5) is 5.07. The van der Waals surface area contributed by atoms with Crippen molar-refractivity contribution in [3.8, 4) is 5.75 Å². The zero-order chi connectivity index (χ0) is 15.2. The van der Waals surface area contributed by atoms with Gasteiger partial charge in [0.25, 0.3) is 0 Å². The number of likely N-dealkylation sites (N-methyl/N-ethyl adjacent to an activating group) is 1. The average molecular weight is 291 g/mol. The number of hydrogen-bond donors (Lipinski definition) is 1. The van der Waals surface area contributed by atoms with E-state index in [4.69, 9.17) is 10.5 Å². The Balaban J connectivity index is 2.11. The standard InChI is InChI=1S/C17H29N3O/c1-4-16-13-19(2)8-5-9-20(16)12-14-6-7-17(21-3)15(10-14)11-18/h6-7,10,16H,4-5,8-9,11-13,18H2,1-3H3. The van der Waals surface area contributed by atoms with Gasteiger partial charge in [0.15, 0.2) is 0 Å². The lowest BCUT2D eigenvalue weighted by Crippen LogP contribution is -2.39. The van der Waals surface area contributed by atoms with E-state index in [1.807, 2.05) is 6.07 Å². The predicted molar refractivity (Wildman–Crippen MR) is 87.5 cm³/mol. The summed E-state index contributed by atoms with van der Waals surface area (Å²) < 4.78 is 5.36. The number of nitrogens with two attached hydrogens (primary N) is 1. The van der Waals surface area contributed by atoms with Crippen molar-refractivity contribution >= 4 is 0 Å². The molecule has 1 unspecified atom stereocenters. The first-order valence-corrected chi connectivity index (χ1v) is 7.96. The van der Waals surface area contributed by atoms with Gasteiger partial charge >= 0.3 is 0 Å². The highest BCUT2D eigenvalue weighted by Crippen LogP contribution is 2.22. The predicted octanol–water partition coefficient (Wildman–Crippen LogP) is 2.07. The summed E-state index contributed by atoms with van der Waals surface area (Å²) in [5.74, 6) is 0.892. The molecule has 4 nitrogen and oxygen atoms in total. The zero-order valence-corrected chi connectivity index (χ0v) is 13.6. The molecule has 0 radical (unpaired) electrons. The van der Waals surface area contributed by atoms with Crippen molar-refractivity contribution in [3.05, 3.63) is 29.3 Å². The van der Waals surface area contributed by atoms with E-state index in [0.29, 0.717) is 12.6 Å². The summed E-state index contributed by atoms with van der Waals surface area (Å²) >= 11 is 0. The molecule has 2 rings (SSSR count). The first-order valence-electron chi connectivity index (χ1n) is 7.96. The Morgan fingerprint density at radius 2 is 2.14 bits per heavy atom. The van der Waals surface area contributed by atoms with Crippen LogP contribution < -0.4 is 10.5 Å². The molecular formula is C17H29N3O. The van der Waals surface area contributed by atoms with Crippen molar-refractivity contribution in [1.82, 2.24) is 9.80 Å². The highest BCUT2D eigenvalue weighted by Gasteiger charge is 2.22. The van der Waals surface area contributed by atoms with Gasteiger partial charge in [-0.15, -0.1) is 0 Å². The summed E-state index contributed by atoms with van der Waals surface area (Å²) in [7, 11) is 3.93. The minimum atomic E-state index is 0.525. The smallest absolute Gasteiger partial charge is 0.123 e. The van der Waals surface area contributed by atoms with Crippen LogP contribution in [0, 0.1) is 0 Å². The fourth-order valence-electron chi connectivity index (χ4n) is 3.21. The van der Waals surface area contributed by atoms with Crippen molar-refractivity contribution in [3.63, 3.8) is 0 Å². The third kappa shape index (κ3) is 4.19. The Labute approximate surface area is 128 Å². The molecule has 1 saturated heterocycles. The monoisotopic (exact) mass is 291 g/mol. The molecule has 0 saturated carbocycles. The SMILES string of the molecule is CCC1CN(C)CCCN1Cc1ccc(OC)c(CN)c1. The van der Waals surface area contributed by atoms with E-state index in [-0.39, 0.29) is 0 Å². The summed E-state index contributed by atoms with van der Waals surface area (Å²) in [6.07, 6.45) is 2.44. The van der Waals surface area contributed by atoms with Crippen LogP contribution in [0.2, 0.25) is 0 Å². The molecule has 1 aliphatic heterocycles. The quantitative estimate of drug-likeness (QED) is 0.902. The first-order chi connectivity index (χ1) is 10.2. The van der Waals surface area contributed by atoms with Crippen LogP contribution in [-0.2, 0) is 13.1 Å². The molecule has 0 aromatic heterocycles. The van der Waals surface area contributed by atoms with E-state index in [1.165, 1.54) is 31.5 Å². The molecule has 1 aromatic rings. The minimum Gasteiger partial charge on any atom is -0.496 e. The van der Waals surface area contributed by atoms with Gasteiger partial charge in [-0.1, -0.05) is 13.0 Å². The Bertz CT molecular complexity index is 450. The molecule has 21 heavy (non-hydrogen) atoms. The van der Waals surface area contributed by atoms with Gasteiger partial charge in [0.2, 0.25) is 0 Å². The van der Waals surface area contributed by atoms with E-state index in [1.54, 1.807) is 7.11 Å². The van der Waals surface area contributed by atoms with Crippen molar-refractivity contribution in [1.29, 1.82) is 0 Å². The number of methoxy groups -OCH3 is 1. The third-order valence-corrected chi connectivity index (χ3v) is 4.45. The molecule has 1 aliphatic rings. The van der Waals surface area contributed by atoms with Gasteiger partial charge < -0.3 is 15.4 Å². The Hall–Kier alpha value is -1.10. The number of nitrogens with zero attached hydrogens (tertiary/aromatic N) is 2. The summed E-state index contributed by atoms with van der Waals surface area (Å²) in [5.41, 5.74) is 8.25. The second-order valence-corrected chi connectivity index (χ2v) is 6.00. The molecule has 1 heterocycles. The lowest BCUT2D eigenvalue weighted by atomic mass is 10.1. The van der Waals surface area contributed by atoms with Gasteiger partial charge in [-0.05, 0) is 44.1 Å². The molecule has 2 N–H and O–H groups in total. The highest BCUT2D eigenvalue weighted by atomic mass is 16.5. The van der Waals surface area contributed by atoms with Crippen molar-refractivity contribution in [2.24, 2.45) is 5.73 Å². The highest BCUT2D eigenvalue weighted by molar-refractivity contribution is 5.37. The lowest BCUT2D eigenvalue weighted by molar-refractivity contribution is 0.176. The van der Waals surface area contributed by atoms with Gasteiger partial charge in [0, 0.05) is 37.8 Å². The molecule has 0 aliphatic carbocycles. The van der Waals surface area contributed by atoms with Crippen LogP contribution in [0.25, 0.3) is 0 Å². The summed E-state index contributed by atoms with van der Waals surface area (Å²) in [6.45, 7) is 7.35. The fraction of sp³-hybridized carbons (Fsp3) is 0.647. The molecule has 4 heteroatoms. The molecule has 1 aromatic carbocycles. The number of hydrogen-bond acceptors (Lipinski definition) is 4. The van der Waals surface area contributed by atoms with Gasteiger partial charge in [-0.3, -0.25) is 4.90 Å². The van der Waals surface area contributed by atoms with Gasteiger partial charge in [0.1, 0.15) is 5.75 Å². The third-order valence-electron chi connectivity index (χ3n) is 4.45. The molecular weight excluding hydrogens is 262 g/mol. The topological polar surface area (TPSA) is 41.7 Å². The van der Waals surface area contributed by atoms with Crippen LogP contribution in [0.15, 0.2) is 18.2 Å². The molecule has 1 fully saturated rings. The average Bonchev–Trinajstić information content (AvgIpc) is 2.68. The zero-order valence-electron chi connectivity index (χ0n) is 13.6. The molecule has 0 spiro atoms. The van der Waals surface area contributed by atoms with E-state index in [2.05, 4.69) is 35.9 Å². The van der Waals surface area contributed by atoms with E-state index in [0.717, 1.165) is 24.4 Å². The maximum Gasteiger partial charge on any atom is 0.123 e. The van der Waals surface area contributed by atoms with E-state index >= 15 is 0 Å². The van der Waals surface area contributed by atoms with Crippen molar-refractivity contribution in [2.75, 3.05) is 33.8 Å². The van der Waals surface area contributed by atoms with Crippen LogP contribution in [0.5, 0.6) is 5.75 Å². The molecule has 0 amide bonds. The van der Waals surface area contributed by atoms with Crippen LogP contribution >= 0.6 is 0 Å². The molecule has 0 bridgehead atoms. The maximum absolute atomic E-state index is 5.82. The second-order valence-electron chi connectivity index (χ2n) is 6.00. The van der Waals surface area contributed by atoms with E-state index in [9.17, 15) is 0 Å². The summed E-state index contributed by atoms with van der Waals surface area (Å²) in [5, 5.41) is 0. The Morgan fingerprint density at radius 3 is 2.81 bits per heavy atom. The number of rotatable bonds is 5. The summed E-state index contributed by atoms with van der Waals surface area (Å²) in [6, 6.07) is 7.04. The minimum absolute atomic E-state index is 0.525. The first kappa shape index (κ1) is 16.3. The second kappa shape index (κ2) is 7.78.